The van der Waals surface area contributed by atoms with Crippen molar-refractivity contribution in [3.8, 4) is 0 Å². The quantitative estimate of drug-likeness (QED) is 0.669. The van der Waals surface area contributed by atoms with Crippen LogP contribution in [0.2, 0.25) is 0 Å². The lowest BCUT2D eigenvalue weighted by Crippen LogP contribution is -2.27. The maximum atomic E-state index is 12.7. The van der Waals surface area contributed by atoms with Crippen LogP contribution in [0.4, 0.5) is 5.13 Å². The second-order valence-electron chi connectivity index (χ2n) is 5.46. The average Bonchev–Trinajstić information content (AvgIpc) is 3.14. The van der Waals surface area contributed by atoms with Gasteiger partial charge >= 0.3 is 5.97 Å². The summed E-state index contributed by atoms with van der Waals surface area (Å²) in [6.45, 7) is 5.34. The zero-order valence-electron chi connectivity index (χ0n) is 14.4. The third kappa shape index (κ3) is 3.51. The molecular formula is C16H16N4O4S2. The van der Waals surface area contributed by atoms with E-state index >= 15 is 0 Å². The fraction of sp³-hybridized carbons (Fsp3) is 0.312. The lowest BCUT2D eigenvalue weighted by Gasteiger charge is -2.05. The Hall–Kier alpha value is -2.59. The van der Waals surface area contributed by atoms with Crippen molar-refractivity contribution in [3.05, 3.63) is 38.2 Å². The molecule has 1 N–H and O–H groups in total. The normalized spacial score (nSPS) is 10.9. The molecule has 3 rings (SSSR count). The van der Waals surface area contributed by atoms with Gasteiger partial charge in [-0.2, -0.15) is 0 Å². The number of amides is 1. The maximum absolute atomic E-state index is 12.7. The van der Waals surface area contributed by atoms with E-state index in [-0.39, 0.29) is 24.6 Å². The number of anilines is 1. The van der Waals surface area contributed by atoms with Crippen LogP contribution in [-0.4, -0.2) is 33.0 Å². The van der Waals surface area contributed by atoms with E-state index in [9.17, 15) is 14.4 Å². The van der Waals surface area contributed by atoms with Gasteiger partial charge in [-0.1, -0.05) is 0 Å². The molecule has 10 heteroatoms. The fourth-order valence-corrected chi connectivity index (χ4v) is 4.10. The van der Waals surface area contributed by atoms with Crippen LogP contribution in [0, 0.1) is 13.8 Å². The number of aryl methyl sites for hydroxylation is 2. The number of carbonyl (C=O) groups excluding carboxylic acids is 2. The van der Waals surface area contributed by atoms with Crippen molar-refractivity contribution in [1.29, 1.82) is 0 Å². The van der Waals surface area contributed by atoms with Gasteiger partial charge in [0.2, 0.25) is 5.91 Å². The number of ether oxygens (including phenoxy) is 1. The summed E-state index contributed by atoms with van der Waals surface area (Å²) in [5.41, 5.74) is 0.149. The summed E-state index contributed by atoms with van der Waals surface area (Å²) in [5, 5.41) is 3.46. The van der Waals surface area contributed by atoms with Gasteiger partial charge < -0.3 is 10.1 Å². The van der Waals surface area contributed by atoms with Gasteiger partial charge in [-0.25, -0.2) is 14.8 Å². The standard InChI is InChI=1S/C16H16N4O4S2/c1-4-24-15(23)12-9(3)11-13(26-12)18-7-20(14(11)22)6-10(21)19-16-17-5-8(2)25-16/h5,7H,4,6H2,1-3H3,(H,17,19,21). The molecule has 136 valence electrons. The van der Waals surface area contributed by atoms with Crippen LogP contribution in [0.25, 0.3) is 10.2 Å². The third-order valence-electron chi connectivity index (χ3n) is 3.56. The highest BCUT2D eigenvalue weighted by Gasteiger charge is 2.20. The van der Waals surface area contributed by atoms with Crippen molar-refractivity contribution in [2.45, 2.75) is 27.3 Å². The SMILES string of the molecule is CCOC(=O)c1sc2ncn(CC(=O)Nc3ncc(C)s3)c(=O)c2c1C. The number of hydrogen-bond donors (Lipinski definition) is 1. The van der Waals surface area contributed by atoms with Gasteiger partial charge in [0.15, 0.2) is 5.13 Å². The van der Waals surface area contributed by atoms with E-state index in [2.05, 4.69) is 15.3 Å². The molecule has 8 nitrogen and oxygen atoms in total. The van der Waals surface area contributed by atoms with Gasteiger partial charge in [0.25, 0.3) is 5.56 Å². The Morgan fingerprint density at radius 1 is 1.27 bits per heavy atom. The first-order chi connectivity index (χ1) is 12.4. The number of esters is 1. The molecule has 0 aliphatic rings. The lowest BCUT2D eigenvalue weighted by atomic mass is 10.2. The summed E-state index contributed by atoms with van der Waals surface area (Å²) in [7, 11) is 0. The molecule has 1 amide bonds. The number of fused-ring (bicyclic) bond motifs is 1. The summed E-state index contributed by atoms with van der Waals surface area (Å²) < 4.78 is 6.22. The Labute approximate surface area is 156 Å². The summed E-state index contributed by atoms with van der Waals surface area (Å²) >= 11 is 2.46. The van der Waals surface area contributed by atoms with E-state index in [0.717, 1.165) is 16.2 Å². The third-order valence-corrected chi connectivity index (χ3v) is 5.57. The summed E-state index contributed by atoms with van der Waals surface area (Å²) in [4.78, 5) is 46.9. The second kappa shape index (κ2) is 7.34. The van der Waals surface area contributed by atoms with Gasteiger partial charge in [-0.15, -0.1) is 22.7 Å². The van der Waals surface area contributed by atoms with Crippen LogP contribution < -0.4 is 10.9 Å². The Kier molecular flexibility index (Phi) is 5.14. The number of nitrogens with one attached hydrogen (secondary N) is 1. The van der Waals surface area contributed by atoms with E-state index in [1.165, 1.54) is 22.2 Å². The van der Waals surface area contributed by atoms with Crippen molar-refractivity contribution < 1.29 is 14.3 Å². The molecule has 0 radical (unpaired) electrons. The Balaban J connectivity index is 1.89. The van der Waals surface area contributed by atoms with E-state index < -0.39 is 5.97 Å². The molecule has 0 aliphatic heterocycles. The molecule has 0 fully saturated rings. The molecule has 0 saturated heterocycles. The molecule has 0 unspecified atom stereocenters. The summed E-state index contributed by atoms with van der Waals surface area (Å²) in [6.07, 6.45) is 2.97. The van der Waals surface area contributed by atoms with Gasteiger partial charge in [-0.3, -0.25) is 14.2 Å². The first kappa shape index (κ1) is 18.2. The summed E-state index contributed by atoms with van der Waals surface area (Å²) in [6, 6.07) is 0. The highest BCUT2D eigenvalue weighted by Crippen LogP contribution is 2.27. The number of nitrogens with zero attached hydrogens (tertiary/aromatic N) is 3. The Morgan fingerprint density at radius 2 is 2.04 bits per heavy atom. The van der Waals surface area contributed by atoms with Crippen LogP contribution in [0.15, 0.2) is 17.3 Å². The van der Waals surface area contributed by atoms with Crippen LogP contribution in [0.5, 0.6) is 0 Å². The molecule has 3 heterocycles. The topological polar surface area (TPSA) is 103 Å². The molecule has 3 aromatic heterocycles. The number of rotatable bonds is 5. The van der Waals surface area contributed by atoms with Crippen LogP contribution >= 0.6 is 22.7 Å². The largest absolute Gasteiger partial charge is 0.462 e. The van der Waals surface area contributed by atoms with Gasteiger partial charge in [0.05, 0.1) is 18.3 Å². The predicted molar refractivity (Wildman–Crippen MR) is 100 cm³/mol. The number of hydrogen-bond acceptors (Lipinski definition) is 8. The molecule has 0 aromatic carbocycles. The minimum Gasteiger partial charge on any atom is -0.462 e. The smallest absolute Gasteiger partial charge is 0.348 e. The molecule has 0 aliphatic carbocycles. The van der Waals surface area contributed by atoms with Crippen LogP contribution in [-0.2, 0) is 16.1 Å². The highest BCUT2D eigenvalue weighted by molar-refractivity contribution is 7.20. The zero-order valence-corrected chi connectivity index (χ0v) is 16.0. The van der Waals surface area contributed by atoms with Gasteiger partial charge in [0.1, 0.15) is 16.3 Å². The van der Waals surface area contributed by atoms with E-state index in [4.69, 9.17) is 4.74 Å². The Morgan fingerprint density at radius 3 is 2.69 bits per heavy atom. The number of thiazole rings is 1. The molecule has 0 spiro atoms. The summed E-state index contributed by atoms with van der Waals surface area (Å²) in [5.74, 6) is -0.850. The second-order valence-corrected chi connectivity index (χ2v) is 7.69. The molecule has 0 saturated carbocycles. The minimum absolute atomic E-state index is 0.190. The van der Waals surface area contributed by atoms with Gasteiger partial charge in [-0.05, 0) is 26.3 Å². The molecule has 3 aromatic rings. The fourth-order valence-electron chi connectivity index (χ4n) is 2.39. The van der Waals surface area contributed by atoms with Crippen molar-refractivity contribution in [2.24, 2.45) is 0 Å². The van der Waals surface area contributed by atoms with Crippen LogP contribution in [0.1, 0.15) is 27.0 Å². The first-order valence-electron chi connectivity index (χ1n) is 7.78. The molecule has 0 bridgehead atoms. The highest BCUT2D eigenvalue weighted by atomic mass is 32.1. The van der Waals surface area contributed by atoms with Gasteiger partial charge in [0, 0.05) is 11.1 Å². The van der Waals surface area contributed by atoms with E-state index in [1.54, 1.807) is 20.0 Å². The first-order valence-corrected chi connectivity index (χ1v) is 9.42. The monoisotopic (exact) mass is 392 g/mol. The average molecular weight is 392 g/mol. The number of carbonyl (C=O) groups is 2. The van der Waals surface area contributed by atoms with Crippen LogP contribution in [0.3, 0.4) is 0 Å². The molecule has 0 atom stereocenters. The number of thiophene rings is 1. The van der Waals surface area contributed by atoms with E-state index in [0.29, 0.717) is 25.8 Å². The lowest BCUT2D eigenvalue weighted by molar-refractivity contribution is -0.116. The predicted octanol–water partition coefficient (Wildman–Crippen LogP) is 2.35. The van der Waals surface area contributed by atoms with Crippen molar-refractivity contribution in [3.63, 3.8) is 0 Å². The van der Waals surface area contributed by atoms with Crippen molar-refractivity contribution in [1.82, 2.24) is 14.5 Å². The maximum Gasteiger partial charge on any atom is 0.348 e. The Bertz CT molecular complexity index is 1050. The van der Waals surface area contributed by atoms with E-state index in [1.807, 2.05) is 6.92 Å². The van der Waals surface area contributed by atoms with Crippen molar-refractivity contribution in [2.75, 3.05) is 11.9 Å². The molecule has 26 heavy (non-hydrogen) atoms. The molecular weight excluding hydrogens is 376 g/mol. The van der Waals surface area contributed by atoms with Crippen molar-refractivity contribution >= 4 is 49.9 Å². The minimum atomic E-state index is -0.476. The zero-order chi connectivity index (χ0) is 18.8. The number of aromatic nitrogens is 3.